The second-order valence-corrected chi connectivity index (χ2v) is 7.69. The predicted octanol–water partition coefficient (Wildman–Crippen LogP) is 3.67. The number of carbonyl (C=O) groups is 2. The summed E-state index contributed by atoms with van der Waals surface area (Å²) >= 11 is 0. The Bertz CT molecular complexity index is 851. The van der Waals surface area contributed by atoms with Gasteiger partial charge in [0.05, 0.1) is 37.1 Å². The Hall–Kier alpha value is -2.44. The Labute approximate surface area is 172 Å². The average molecular weight is 399 g/mol. The smallest absolute Gasteiger partial charge is 0.339 e. The lowest BCUT2D eigenvalue weighted by molar-refractivity contribution is -0.00816. The number of rotatable bonds is 7. The SMILES string of the molecule is COC(=O)c1c(C)[nH]c(C(=O)C(C)N2CCC(OCc3ccccc3)CC2)c1C. The van der Waals surface area contributed by atoms with Crippen molar-refractivity contribution in [1.29, 1.82) is 0 Å². The van der Waals surface area contributed by atoms with Gasteiger partial charge in [-0.15, -0.1) is 0 Å². The van der Waals surface area contributed by atoms with Gasteiger partial charge in [0.15, 0.2) is 5.78 Å². The number of esters is 1. The van der Waals surface area contributed by atoms with Crippen LogP contribution in [0.2, 0.25) is 0 Å². The van der Waals surface area contributed by atoms with Crippen LogP contribution < -0.4 is 0 Å². The molecule has 3 rings (SSSR count). The van der Waals surface area contributed by atoms with Crippen molar-refractivity contribution in [2.45, 2.75) is 52.4 Å². The van der Waals surface area contributed by atoms with Crippen LogP contribution in [-0.2, 0) is 16.1 Å². The van der Waals surface area contributed by atoms with Crippen molar-refractivity contribution in [1.82, 2.24) is 9.88 Å². The summed E-state index contributed by atoms with van der Waals surface area (Å²) < 4.78 is 10.9. The largest absolute Gasteiger partial charge is 0.465 e. The minimum absolute atomic E-state index is 0.00408. The van der Waals surface area contributed by atoms with Gasteiger partial charge < -0.3 is 14.5 Å². The Morgan fingerprint density at radius 1 is 1.17 bits per heavy atom. The monoisotopic (exact) mass is 398 g/mol. The molecule has 2 aromatic rings. The molecule has 6 nitrogen and oxygen atoms in total. The predicted molar refractivity (Wildman–Crippen MR) is 111 cm³/mol. The lowest BCUT2D eigenvalue weighted by atomic mass is 10.0. The number of hydrogen-bond acceptors (Lipinski definition) is 5. The number of methoxy groups -OCH3 is 1. The molecule has 1 aromatic heterocycles. The van der Waals surface area contributed by atoms with Crippen molar-refractivity contribution in [3.05, 3.63) is 58.4 Å². The third-order valence-corrected chi connectivity index (χ3v) is 5.81. The van der Waals surface area contributed by atoms with Crippen LogP contribution in [-0.4, -0.2) is 54.0 Å². The number of aromatic nitrogens is 1. The molecule has 1 atom stereocenters. The zero-order valence-electron chi connectivity index (χ0n) is 17.7. The van der Waals surface area contributed by atoms with Gasteiger partial charge in [-0.25, -0.2) is 4.79 Å². The van der Waals surface area contributed by atoms with Crippen LogP contribution in [0.1, 0.15) is 57.4 Å². The number of hydrogen-bond donors (Lipinski definition) is 1. The van der Waals surface area contributed by atoms with Crippen LogP contribution >= 0.6 is 0 Å². The molecule has 0 spiro atoms. The normalized spacial score (nSPS) is 16.6. The van der Waals surface area contributed by atoms with E-state index in [0.717, 1.165) is 25.9 Å². The molecule has 0 bridgehead atoms. The van der Waals surface area contributed by atoms with Crippen molar-refractivity contribution in [3.8, 4) is 0 Å². The second kappa shape index (κ2) is 9.37. The first-order valence-electron chi connectivity index (χ1n) is 10.1. The van der Waals surface area contributed by atoms with Crippen LogP contribution in [0.5, 0.6) is 0 Å². The molecular weight excluding hydrogens is 368 g/mol. The van der Waals surface area contributed by atoms with Gasteiger partial charge in [-0.3, -0.25) is 9.69 Å². The first-order chi connectivity index (χ1) is 13.9. The molecule has 0 radical (unpaired) electrons. The number of aryl methyl sites for hydroxylation is 1. The van der Waals surface area contributed by atoms with Crippen LogP contribution in [0.15, 0.2) is 30.3 Å². The lowest BCUT2D eigenvalue weighted by Gasteiger charge is -2.35. The third-order valence-electron chi connectivity index (χ3n) is 5.81. The number of ketones is 1. The molecule has 0 aliphatic carbocycles. The molecule has 1 aliphatic rings. The van der Waals surface area contributed by atoms with Crippen molar-refractivity contribution in [2.24, 2.45) is 0 Å². The summed E-state index contributed by atoms with van der Waals surface area (Å²) in [5.41, 5.74) is 3.46. The zero-order valence-corrected chi connectivity index (χ0v) is 17.7. The van der Waals surface area contributed by atoms with Crippen molar-refractivity contribution >= 4 is 11.8 Å². The van der Waals surface area contributed by atoms with Crippen LogP contribution in [0.3, 0.4) is 0 Å². The van der Waals surface area contributed by atoms with E-state index in [2.05, 4.69) is 22.0 Å². The van der Waals surface area contributed by atoms with Gasteiger partial charge in [0.2, 0.25) is 0 Å². The highest BCUT2D eigenvalue weighted by atomic mass is 16.5. The number of likely N-dealkylation sites (tertiary alicyclic amines) is 1. The summed E-state index contributed by atoms with van der Waals surface area (Å²) in [6.45, 7) is 7.76. The first kappa shape index (κ1) is 21.3. The summed E-state index contributed by atoms with van der Waals surface area (Å²) in [6, 6.07) is 9.92. The minimum atomic E-state index is -0.417. The standard InChI is InChI=1S/C23H30N2O4/c1-15-20(23(27)28-4)16(2)24-21(15)22(26)17(3)25-12-10-19(11-13-25)29-14-18-8-6-5-7-9-18/h5-9,17,19,24H,10-14H2,1-4H3. The van der Waals surface area contributed by atoms with E-state index in [4.69, 9.17) is 9.47 Å². The topological polar surface area (TPSA) is 71.6 Å². The van der Waals surface area contributed by atoms with E-state index in [1.165, 1.54) is 12.7 Å². The molecule has 29 heavy (non-hydrogen) atoms. The highest BCUT2D eigenvalue weighted by Crippen LogP contribution is 2.23. The molecule has 1 aromatic carbocycles. The maximum absolute atomic E-state index is 13.1. The van der Waals surface area contributed by atoms with Crippen molar-refractivity contribution in [2.75, 3.05) is 20.2 Å². The zero-order chi connectivity index (χ0) is 21.0. The third kappa shape index (κ3) is 4.77. The van der Waals surface area contributed by atoms with Crippen molar-refractivity contribution in [3.63, 3.8) is 0 Å². The lowest BCUT2D eigenvalue weighted by Crippen LogP contribution is -2.45. The number of nitrogens with one attached hydrogen (secondary N) is 1. The minimum Gasteiger partial charge on any atom is -0.465 e. The Balaban J connectivity index is 1.57. The number of ether oxygens (including phenoxy) is 2. The summed E-state index contributed by atoms with van der Waals surface area (Å²) in [6.07, 6.45) is 2.02. The highest BCUT2D eigenvalue weighted by molar-refractivity contribution is 6.03. The Morgan fingerprint density at radius 2 is 1.83 bits per heavy atom. The maximum Gasteiger partial charge on any atom is 0.339 e. The number of piperidine rings is 1. The molecule has 1 unspecified atom stereocenters. The number of H-pyrrole nitrogens is 1. The van der Waals surface area contributed by atoms with Crippen LogP contribution in [0, 0.1) is 13.8 Å². The van der Waals surface area contributed by atoms with Gasteiger partial charge in [0.25, 0.3) is 0 Å². The number of nitrogens with zero attached hydrogens (tertiary/aromatic N) is 1. The quantitative estimate of drug-likeness (QED) is 0.569. The van der Waals surface area contributed by atoms with Crippen LogP contribution in [0.25, 0.3) is 0 Å². The molecule has 2 heterocycles. The van der Waals surface area contributed by atoms with E-state index in [9.17, 15) is 9.59 Å². The molecule has 0 amide bonds. The number of aromatic amines is 1. The Morgan fingerprint density at radius 3 is 2.45 bits per heavy atom. The average Bonchev–Trinajstić information content (AvgIpc) is 3.05. The van der Waals surface area contributed by atoms with E-state index in [1.807, 2.05) is 25.1 Å². The molecule has 1 N–H and O–H groups in total. The van der Waals surface area contributed by atoms with Gasteiger partial charge in [0, 0.05) is 18.8 Å². The van der Waals surface area contributed by atoms with Gasteiger partial charge in [-0.2, -0.15) is 0 Å². The second-order valence-electron chi connectivity index (χ2n) is 7.69. The van der Waals surface area contributed by atoms with E-state index < -0.39 is 5.97 Å². The molecule has 6 heteroatoms. The molecule has 156 valence electrons. The van der Waals surface area contributed by atoms with E-state index in [1.54, 1.807) is 13.8 Å². The molecule has 1 aliphatic heterocycles. The van der Waals surface area contributed by atoms with E-state index >= 15 is 0 Å². The fourth-order valence-corrected chi connectivity index (χ4v) is 4.00. The number of Topliss-reactive ketones (excluding diaryl/α,β-unsaturated/α-hetero) is 1. The summed E-state index contributed by atoms with van der Waals surface area (Å²) in [4.78, 5) is 30.3. The van der Waals surface area contributed by atoms with Gasteiger partial charge in [0.1, 0.15) is 0 Å². The first-order valence-corrected chi connectivity index (χ1v) is 10.1. The van der Waals surface area contributed by atoms with E-state index in [0.29, 0.717) is 29.1 Å². The maximum atomic E-state index is 13.1. The van der Waals surface area contributed by atoms with Gasteiger partial charge >= 0.3 is 5.97 Å². The summed E-state index contributed by atoms with van der Waals surface area (Å²) in [5, 5.41) is 0. The van der Waals surface area contributed by atoms with Crippen LogP contribution in [0.4, 0.5) is 0 Å². The molecule has 1 fully saturated rings. The Kier molecular flexibility index (Phi) is 6.87. The molecule has 0 saturated carbocycles. The summed E-state index contributed by atoms with van der Waals surface area (Å²) in [5.74, 6) is -0.413. The fraction of sp³-hybridized carbons (Fsp3) is 0.478. The van der Waals surface area contributed by atoms with Gasteiger partial charge in [-0.1, -0.05) is 30.3 Å². The molecule has 1 saturated heterocycles. The number of carbonyl (C=O) groups excluding carboxylic acids is 2. The number of benzene rings is 1. The molecular formula is C23H30N2O4. The summed E-state index contributed by atoms with van der Waals surface area (Å²) in [7, 11) is 1.35. The highest BCUT2D eigenvalue weighted by Gasteiger charge is 2.31. The fourth-order valence-electron chi connectivity index (χ4n) is 4.00. The van der Waals surface area contributed by atoms with Gasteiger partial charge in [-0.05, 0) is 44.7 Å². The van der Waals surface area contributed by atoms with Crippen molar-refractivity contribution < 1.29 is 19.1 Å². The van der Waals surface area contributed by atoms with E-state index in [-0.39, 0.29) is 17.9 Å².